The smallest absolute Gasteiger partial charge is 0.264 e. The molecular weight excluding hydrogens is 534 g/mol. The second-order valence-corrected chi connectivity index (χ2v) is 12.8. The highest BCUT2D eigenvalue weighted by Gasteiger charge is 2.27. The van der Waals surface area contributed by atoms with E-state index in [1.807, 2.05) is 0 Å². The number of aromatic nitrogens is 1. The minimum absolute atomic E-state index is 0.0136. The van der Waals surface area contributed by atoms with Gasteiger partial charge in [-0.2, -0.15) is 0 Å². The molecule has 12 heteroatoms. The SMILES string of the molecule is C=CCN(c1ccccc1OC)S(=O)(=O)c1cccc(C(=O)Nc2nc3ccc(S(C)(=O)=O)cc3s2)c1. The van der Waals surface area contributed by atoms with Gasteiger partial charge in [0.25, 0.3) is 15.9 Å². The van der Waals surface area contributed by atoms with Crippen LogP contribution in [0.5, 0.6) is 5.75 Å². The zero-order valence-electron chi connectivity index (χ0n) is 19.9. The maximum absolute atomic E-state index is 13.6. The molecule has 0 aliphatic heterocycles. The molecule has 0 saturated heterocycles. The number of benzene rings is 3. The number of carbonyl (C=O) groups is 1. The van der Waals surface area contributed by atoms with Gasteiger partial charge >= 0.3 is 0 Å². The number of amides is 1. The first-order valence-corrected chi connectivity index (χ1v) is 15.0. The first kappa shape index (κ1) is 26.3. The summed E-state index contributed by atoms with van der Waals surface area (Å²) in [4.78, 5) is 17.4. The van der Waals surface area contributed by atoms with Crippen LogP contribution in [0.4, 0.5) is 10.8 Å². The van der Waals surface area contributed by atoms with Crippen LogP contribution in [0.1, 0.15) is 10.4 Å². The van der Waals surface area contributed by atoms with Crippen molar-refractivity contribution in [1.29, 1.82) is 0 Å². The molecule has 0 saturated carbocycles. The Hall–Kier alpha value is -3.74. The Balaban J connectivity index is 1.64. The van der Waals surface area contributed by atoms with E-state index in [4.69, 9.17) is 4.74 Å². The predicted molar refractivity (Wildman–Crippen MR) is 145 cm³/mol. The summed E-state index contributed by atoms with van der Waals surface area (Å²) in [6, 6.07) is 16.9. The fraction of sp³-hybridized carbons (Fsp3) is 0.120. The number of anilines is 2. The number of carbonyl (C=O) groups excluding carboxylic acids is 1. The molecular formula is C25H23N3O6S3. The minimum Gasteiger partial charge on any atom is -0.495 e. The molecule has 1 N–H and O–H groups in total. The van der Waals surface area contributed by atoms with Gasteiger partial charge in [0.05, 0.1) is 39.3 Å². The third-order valence-corrected chi connectivity index (χ3v) is 9.16. The number of hydrogen-bond donors (Lipinski definition) is 1. The van der Waals surface area contributed by atoms with Gasteiger partial charge in [0.1, 0.15) is 5.75 Å². The van der Waals surface area contributed by atoms with Crippen LogP contribution in [0.3, 0.4) is 0 Å². The predicted octanol–water partition coefficient (Wildman–Crippen LogP) is 4.34. The van der Waals surface area contributed by atoms with Crippen molar-refractivity contribution in [2.75, 3.05) is 29.5 Å². The number of sulfone groups is 1. The van der Waals surface area contributed by atoms with Gasteiger partial charge in [0.2, 0.25) is 0 Å². The summed E-state index contributed by atoms with van der Waals surface area (Å²) >= 11 is 1.11. The molecule has 4 aromatic rings. The van der Waals surface area contributed by atoms with Gasteiger partial charge in [-0.25, -0.2) is 21.8 Å². The average molecular weight is 558 g/mol. The molecule has 0 bridgehead atoms. The lowest BCUT2D eigenvalue weighted by Gasteiger charge is -2.25. The molecule has 9 nitrogen and oxygen atoms in total. The van der Waals surface area contributed by atoms with Gasteiger partial charge in [0.15, 0.2) is 15.0 Å². The molecule has 1 amide bonds. The van der Waals surface area contributed by atoms with Crippen LogP contribution >= 0.6 is 11.3 Å². The molecule has 0 aliphatic carbocycles. The molecule has 0 atom stereocenters. The number of fused-ring (bicyclic) bond motifs is 1. The van der Waals surface area contributed by atoms with E-state index in [-0.39, 0.29) is 27.0 Å². The molecule has 0 radical (unpaired) electrons. The molecule has 1 heterocycles. The first-order valence-electron chi connectivity index (χ1n) is 10.8. The molecule has 37 heavy (non-hydrogen) atoms. The van der Waals surface area contributed by atoms with E-state index in [2.05, 4.69) is 16.9 Å². The van der Waals surface area contributed by atoms with Crippen molar-refractivity contribution in [3.8, 4) is 5.75 Å². The van der Waals surface area contributed by atoms with Gasteiger partial charge in [-0.15, -0.1) is 6.58 Å². The Morgan fingerprint density at radius 2 is 1.81 bits per heavy atom. The fourth-order valence-electron chi connectivity index (χ4n) is 3.56. The van der Waals surface area contributed by atoms with Crippen molar-refractivity contribution in [2.45, 2.75) is 9.79 Å². The number of nitrogens with zero attached hydrogens (tertiary/aromatic N) is 2. The van der Waals surface area contributed by atoms with Crippen LogP contribution in [0.15, 0.2) is 89.2 Å². The molecule has 3 aromatic carbocycles. The van der Waals surface area contributed by atoms with E-state index in [0.29, 0.717) is 21.7 Å². The van der Waals surface area contributed by atoms with Crippen LogP contribution in [0, 0.1) is 0 Å². The van der Waals surface area contributed by atoms with E-state index >= 15 is 0 Å². The Kier molecular flexibility index (Phi) is 7.35. The Bertz CT molecular complexity index is 1710. The van der Waals surface area contributed by atoms with Crippen LogP contribution in [0.2, 0.25) is 0 Å². The summed E-state index contributed by atoms with van der Waals surface area (Å²) in [5.74, 6) is -0.191. The van der Waals surface area contributed by atoms with Crippen molar-refractivity contribution in [1.82, 2.24) is 4.98 Å². The number of rotatable bonds is 9. The van der Waals surface area contributed by atoms with Crippen molar-refractivity contribution in [2.24, 2.45) is 0 Å². The zero-order chi connectivity index (χ0) is 26.8. The summed E-state index contributed by atoms with van der Waals surface area (Å²) in [6.45, 7) is 3.65. The largest absolute Gasteiger partial charge is 0.495 e. The molecule has 0 spiro atoms. The third kappa shape index (κ3) is 5.50. The quantitative estimate of drug-likeness (QED) is 0.304. The van der Waals surface area contributed by atoms with E-state index in [0.717, 1.165) is 21.9 Å². The number of thiazole rings is 1. The van der Waals surface area contributed by atoms with Crippen LogP contribution in [0.25, 0.3) is 10.2 Å². The lowest BCUT2D eigenvalue weighted by atomic mass is 10.2. The van der Waals surface area contributed by atoms with Gasteiger partial charge < -0.3 is 4.74 Å². The van der Waals surface area contributed by atoms with Crippen molar-refractivity contribution in [3.63, 3.8) is 0 Å². The average Bonchev–Trinajstić information content (AvgIpc) is 3.28. The molecule has 1 aromatic heterocycles. The Morgan fingerprint density at radius 1 is 1.05 bits per heavy atom. The standard InChI is InChI=1S/C25H23N3O6S3/c1-4-14-28(21-10-5-6-11-22(21)34-2)37(32,33)19-9-7-8-17(15-19)24(29)27-25-26-20-13-12-18(36(3,30)31)16-23(20)35-25/h4-13,15-16H,1,14H2,2-3H3,(H,26,27,29). The van der Waals surface area contributed by atoms with Gasteiger partial charge in [-0.1, -0.05) is 35.6 Å². The van der Waals surface area contributed by atoms with Gasteiger partial charge in [0, 0.05) is 11.8 Å². The van der Waals surface area contributed by atoms with E-state index in [9.17, 15) is 21.6 Å². The number of ether oxygens (including phenoxy) is 1. The molecule has 0 unspecified atom stereocenters. The number of nitrogens with one attached hydrogen (secondary N) is 1. The van der Waals surface area contributed by atoms with Crippen LogP contribution in [-0.4, -0.2) is 47.6 Å². The van der Waals surface area contributed by atoms with Crippen molar-refractivity contribution >= 4 is 58.1 Å². The summed E-state index contributed by atoms with van der Waals surface area (Å²) in [6.07, 6.45) is 2.58. The highest BCUT2D eigenvalue weighted by atomic mass is 32.2. The number of methoxy groups -OCH3 is 1. The molecule has 4 rings (SSSR count). The van der Waals surface area contributed by atoms with E-state index in [1.54, 1.807) is 30.3 Å². The highest BCUT2D eigenvalue weighted by molar-refractivity contribution is 7.92. The van der Waals surface area contributed by atoms with Crippen molar-refractivity contribution < 1.29 is 26.4 Å². The van der Waals surface area contributed by atoms with E-state index < -0.39 is 25.8 Å². The normalized spacial score (nSPS) is 11.7. The zero-order valence-corrected chi connectivity index (χ0v) is 22.4. The third-order valence-electron chi connectivity index (χ3n) is 5.34. The van der Waals surface area contributed by atoms with Gasteiger partial charge in [-0.3, -0.25) is 14.4 Å². The molecule has 0 aliphatic rings. The monoisotopic (exact) mass is 557 g/mol. The maximum Gasteiger partial charge on any atom is 0.264 e. The topological polar surface area (TPSA) is 123 Å². The lowest BCUT2D eigenvalue weighted by molar-refractivity contribution is 0.102. The highest BCUT2D eigenvalue weighted by Crippen LogP contribution is 2.33. The summed E-state index contributed by atoms with van der Waals surface area (Å²) in [5, 5.41) is 2.91. The minimum atomic E-state index is -4.08. The Morgan fingerprint density at radius 3 is 2.51 bits per heavy atom. The fourth-order valence-corrected chi connectivity index (χ4v) is 6.68. The van der Waals surface area contributed by atoms with Crippen molar-refractivity contribution in [3.05, 3.63) is 84.9 Å². The maximum atomic E-state index is 13.6. The summed E-state index contributed by atoms with van der Waals surface area (Å²) in [5.41, 5.74) is 0.972. The molecule has 192 valence electrons. The molecule has 0 fully saturated rings. The second kappa shape index (κ2) is 10.3. The number of para-hydroxylation sites is 2. The van der Waals surface area contributed by atoms with Crippen LogP contribution < -0.4 is 14.4 Å². The second-order valence-electron chi connectivity index (χ2n) is 7.90. The van der Waals surface area contributed by atoms with Crippen LogP contribution in [-0.2, 0) is 19.9 Å². The number of sulfonamides is 1. The summed E-state index contributed by atoms with van der Waals surface area (Å²) < 4.78 is 57.9. The first-order chi connectivity index (χ1) is 17.5. The van der Waals surface area contributed by atoms with Gasteiger partial charge in [-0.05, 0) is 48.5 Å². The summed E-state index contributed by atoms with van der Waals surface area (Å²) in [7, 11) is -6.02. The number of hydrogen-bond acceptors (Lipinski definition) is 8. The lowest BCUT2D eigenvalue weighted by Crippen LogP contribution is -2.31. The Labute approximate surface area is 219 Å². The van der Waals surface area contributed by atoms with E-state index in [1.165, 1.54) is 49.6 Å².